The van der Waals surface area contributed by atoms with Gasteiger partial charge in [-0.1, -0.05) is 23.2 Å². The Morgan fingerprint density at radius 2 is 1.30 bits per heavy atom. The smallest absolute Gasteiger partial charge is 0.197 e. The van der Waals surface area contributed by atoms with Crippen molar-refractivity contribution in [3.63, 3.8) is 0 Å². The minimum atomic E-state index is -1.05. The van der Waals surface area contributed by atoms with Crippen molar-refractivity contribution in [2.45, 2.75) is 24.0 Å². The van der Waals surface area contributed by atoms with Gasteiger partial charge in [-0.05, 0) is 13.8 Å². The van der Waals surface area contributed by atoms with E-state index >= 15 is 0 Å². The van der Waals surface area contributed by atoms with E-state index in [2.05, 4.69) is 0 Å². The van der Waals surface area contributed by atoms with Crippen molar-refractivity contribution in [1.29, 1.82) is 0 Å². The molecule has 0 spiro atoms. The van der Waals surface area contributed by atoms with E-state index in [4.69, 9.17) is 32.7 Å². The van der Waals surface area contributed by atoms with Crippen LogP contribution in [-0.4, -0.2) is 24.3 Å². The summed E-state index contributed by atoms with van der Waals surface area (Å²) in [4.78, 5) is 0. The lowest BCUT2D eigenvalue weighted by molar-refractivity contribution is -0.199. The predicted octanol–water partition coefficient (Wildman–Crippen LogP) is 2.19. The molecule has 10 heavy (non-hydrogen) atoms. The first-order chi connectivity index (χ1) is 4.37. The number of ether oxygens (including phenoxy) is 2. The Labute approximate surface area is 71.4 Å². The summed E-state index contributed by atoms with van der Waals surface area (Å²) in [5.41, 5.74) is 0. The van der Waals surface area contributed by atoms with Gasteiger partial charge in [-0.3, -0.25) is 0 Å². The number of rotatable bonds is 3. The molecule has 4 heteroatoms. The Hall–Kier alpha value is 0.500. The van der Waals surface area contributed by atoms with Gasteiger partial charge in [0.05, 0.1) is 0 Å². The molecule has 0 heterocycles. The quantitative estimate of drug-likeness (QED) is 0.498. The molecule has 0 amide bonds. The number of methoxy groups -OCH3 is 2. The standard InChI is InChI=1S/C6H12Cl2O2/c1-5(7,8)6(2,9-3)10-4/h1-4H3. The maximum absolute atomic E-state index is 5.76. The molecule has 0 unspecified atom stereocenters. The van der Waals surface area contributed by atoms with Gasteiger partial charge in [0.1, 0.15) is 0 Å². The van der Waals surface area contributed by atoms with E-state index in [-0.39, 0.29) is 0 Å². The summed E-state index contributed by atoms with van der Waals surface area (Å²) in [6.07, 6.45) is 0. The van der Waals surface area contributed by atoms with E-state index in [1.165, 1.54) is 14.2 Å². The van der Waals surface area contributed by atoms with E-state index in [9.17, 15) is 0 Å². The molecular weight excluding hydrogens is 175 g/mol. The normalized spacial score (nSPS) is 13.8. The molecule has 0 aromatic carbocycles. The molecule has 0 saturated carbocycles. The van der Waals surface area contributed by atoms with Gasteiger partial charge in [-0.25, -0.2) is 0 Å². The summed E-state index contributed by atoms with van der Waals surface area (Å²) in [5, 5.41) is 0. The summed E-state index contributed by atoms with van der Waals surface area (Å²) < 4.78 is 8.89. The fraction of sp³-hybridized carbons (Fsp3) is 1.00. The minimum Gasteiger partial charge on any atom is -0.351 e. The SMILES string of the molecule is COC(C)(OC)C(C)(Cl)Cl. The fourth-order valence-electron chi connectivity index (χ4n) is 0.442. The molecule has 0 atom stereocenters. The molecule has 0 aliphatic carbocycles. The molecule has 0 radical (unpaired) electrons. The molecule has 0 fully saturated rings. The first-order valence-corrected chi connectivity index (χ1v) is 3.61. The van der Waals surface area contributed by atoms with Gasteiger partial charge in [-0.2, -0.15) is 0 Å². The average molecular weight is 187 g/mol. The van der Waals surface area contributed by atoms with Crippen LogP contribution >= 0.6 is 23.2 Å². The first-order valence-electron chi connectivity index (χ1n) is 2.85. The van der Waals surface area contributed by atoms with E-state index in [0.717, 1.165) is 0 Å². The second-order valence-electron chi connectivity index (χ2n) is 2.24. The lowest BCUT2D eigenvalue weighted by Crippen LogP contribution is -2.45. The molecule has 0 bridgehead atoms. The molecule has 0 saturated heterocycles. The zero-order valence-electron chi connectivity index (χ0n) is 6.57. The Kier molecular flexibility index (Phi) is 3.43. The monoisotopic (exact) mass is 186 g/mol. The molecule has 0 aromatic rings. The van der Waals surface area contributed by atoms with Crippen molar-refractivity contribution in [1.82, 2.24) is 0 Å². The van der Waals surface area contributed by atoms with Gasteiger partial charge < -0.3 is 9.47 Å². The highest BCUT2D eigenvalue weighted by Crippen LogP contribution is 2.35. The predicted molar refractivity (Wildman–Crippen MR) is 42.5 cm³/mol. The van der Waals surface area contributed by atoms with Crippen molar-refractivity contribution in [3.05, 3.63) is 0 Å². The van der Waals surface area contributed by atoms with Gasteiger partial charge >= 0.3 is 0 Å². The largest absolute Gasteiger partial charge is 0.351 e. The Balaban J connectivity index is 4.33. The molecule has 0 aromatic heterocycles. The van der Waals surface area contributed by atoms with Crippen LogP contribution in [0.15, 0.2) is 0 Å². The van der Waals surface area contributed by atoms with Crippen LogP contribution in [0, 0.1) is 0 Å². The molecule has 2 nitrogen and oxygen atoms in total. The first kappa shape index (κ1) is 10.5. The molecule has 0 N–H and O–H groups in total. The van der Waals surface area contributed by atoms with Crippen LogP contribution < -0.4 is 0 Å². The van der Waals surface area contributed by atoms with Crippen LogP contribution in [0.2, 0.25) is 0 Å². The zero-order chi connectivity index (χ0) is 8.41. The van der Waals surface area contributed by atoms with E-state index < -0.39 is 10.1 Å². The number of alkyl halides is 2. The maximum atomic E-state index is 5.76. The fourth-order valence-corrected chi connectivity index (χ4v) is 0.750. The number of halogens is 2. The van der Waals surface area contributed by atoms with Crippen molar-refractivity contribution < 1.29 is 9.47 Å². The Morgan fingerprint density at radius 3 is 1.30 bits per heavy atom. The van der Waals surface area contributed by atoms with E-state index in [0.29, 0.717) is 0 Å². The van der Waals surface area contributed by atoms with Gasteiger partial charge in [0.2, 0.25) is 0 Å². The van der Waals surface area contributed by atoms with Crippen molar-refractivity contribution in [3.8, 4) is 0 Å². The Bertz CT molecular complexity index is 105. The summed E-state index contributed by atoms with van der Waals surface area (Å²) in [6.45, 7) is 3.29. The second-order valence-corrected chi connectivity index (χ2v) is 3.95. The number of hydrogen-bond acceptors (Lipinski definition) is 2. The Morgan fingerprint density at radius 1 is 1.00 bits per heavy atom. The summed E-state index contributed by atoms with van der Waals surface area (Å²) in [7, 11) is 2.99. The van der Waals surface area contributed by atoms with Crippen molar-refractivity contribution in [2.75, 3.05) is 14.2 Å². The van der Waals surface area contributed by atoms with Gasteiger partial charge in [0.25, 0.3) is 0 Å². The lowest BCUT2D eigenvalue weighted by atomic mass is 10.2. The third kappa shape index (κ3) is 1.99. The molecule has 62 valence electrons. The van der Waals surface area contributed by atoms with Crippen molar-refractivity contribution in [2.24, 2.45) is 0 Å². The van der Waals surface area contributed by atoms with Crippen molar-refractivity contribution >= 4 is 23.2 Å². The minimum absolute atomic E-state index is 0.948. The third-order valence-corrected chi connectivity index (χ3v) is 2.26. The summed E-state index contributed by atoms with van der Waals surface area (Å²) in [6, 6.07) is 0. The molecule has 0 aliphatic rings. The maximum Gasteiger partial charge on any atom is 0.197 e. The van der Waals surface area contributed by atoms with Crippen LogP contribution in [0.25, 0.3) is 0 Å². The van der Waals surface area contributed by atoms with Crippen LogP contribution in [-0.2, 0) is 9.47 Å². The van der Waals surface area contributed by atoms with Crippen LogP contribution in [0.4, 0.5) is 0 Å². The number of hydrogen-bond donors (Lipinski definition) is 0. The van der Waals surface area contributed by atoms with Gasteiger partial charge in [0.15, 0.2) is 10.1 Å². The highest BCUT2D eigenvalue weighted by molar-refractivity contribution is 6.48. The van der Waals surface area contributed by atoms with Crippen LogP contribution in [0.1, 0.15) is 13.8 Å². The van der Waals surface area contributed by atoms with E-state index in [1.54, 1.807) is 13.8 Å². The van der Waals surface area contributed by atoms with Gasteiger partial charge in [0, 0.05) is 14.2 Å². The highest BCUT2D eigenvalue weighted by atomic mass is 35.5. The molecule has 0 aliphatic heterocycles. The van der Waals surface area contributed by atoms with Gasteiger partial charge in [-0.15, -0.1) is 0 Å². The van der Waals surface area contributed by atoms with Crippen LogP contribution in [0.3, 0.4) is 0 Å². The average Bonchev–Trinajstić information content (AvgIpc) is 1.84. The summed E-state index contributed by atoms with van der Waals surface area (Å²) in [5.74, 6) is -0.948. The van der Waals surface area contributed by atoms with Crippen LogP contribution in [0.5, 0.6) is 0 Å². The van der Waals surface area contributed by atoms with E-state index in [1.807, 2.05) is 0 Å². The zero-order valence-corrected chi connectivity index (χ0v) is 8.08. The topological polar surface area (TPSA) is 18.5 Å². The second kappa shape index (κ2) is 3.26. The summed E-state index contributed by atoms with van der Waals surface area (Å²) >= 11 is 11.5. The molecular formula is C6H12Cl2O2. The lowest BCUT2D eigenvalue weighted by Gasteiger charge is -2.34. The highest BCUT2D eigenvalue weighted by Gasteiger charge is 2.42. The third-order valence-electron chi connectivity index (χ3n) is 1.58. The molecule has 0 rings (SSSR count).